The number of hydrogen-bond acceptors (Lipinski definition) is 1. The van der Waals surface area contributed by atoms with Crippen LogP contribution in [-0.2, 0) is 4.74 Å². The fraction of sp³-hybridized carbons (Fsp3) is 0.625. The standard InChI is InChI=1S/C8H12.C6H14O.C2H6/c1-4-6-7-8(3)5-2;1-5-7-6(2,3)4;1-2/h4-7H,1H2,2-3H3;5H2,1-4H3;1-2H3/b7-6-,8-5-;;. The minimum absolute atomic E-state index is 0.0503. The Balaban J connectivity index is -0.000000202. The fourth-order valence-corrected chi connectivity index (χ4v) is 0.749. The van der Waals surface area contributed by atoms with E-state index in [-0.39, 0.29) is 5.60 Å². The minimum Gasteiger partial charge on any atom is -0.376 e. The molecule has 0 aromatic rings. The van der Waals surface area contributed by atoms with Crippen molar-refractivity contribution in [3.63, 3.8) is 0 Å². The van der Waals surface area contributed by atoms with E-state index in [0.29, 0.717) is 0 Å². The van der Waals surface area contributed by atoms with Crippen molar-refractivity contribution in [1.29, 1.82) is 0 Å². The molecule has 0 radical (unpaired) electrons. The first-order chi connectivity index (χ1) is 7.87. The van der Waals surface area contributed by atoms with Gasteiger partial charge >= 0.3 is 0 Å². The molecule has 0 fully saturated rings. The first kappa shape index (κ1) is 21.5. The minimum atomic E-state index is 0.0503. The lowest BCUT2D eigenvalue weighted by atomic mass is 10.2. The monoisotopic (exact) mass is 240 g/mol. The second kappa shape index (κ2) is 15.2. The molecule has 0 rings (SSSR count). The van der Waals surface area contributed by atoms with Crippen LogP contribution in [0.4, 0.5) is 0 Å². The summed E-state index contributed by atoms with van der Waals surface area (Å²) in [4.78, 5) is 0. The van der Waals surface area contributed by atoms with E-state index in [0.717, 1.165) is 6.61 Å². The van der Waals surface area contributed by atoms with Gasteiger partial charge in [-0.1, -0.05) is 50.3 Å². The summed E-state index contributed by atoms with van der Waals surface area (Å²) in [6.07, 6.45) is 7.77. The summed E-state index contributed by atoms with van der Waals surface area (Å²) in [5.41, 5.74) is 1.32. The molecule has 1 nitrogen and oxygen atoms in total. The molecule has 0 heterocycles. The van der Waals surface area contributed by atoms with Gasteiger partial charge in [-0.2, -0.15) is 0 Å². The third-order valence-electron chi connectivity index (χ3n) is 1.53. The summed E-state index contributed by atoms with van der Waals surface area (Å²) in [5, 5.41) is 0. The van der Waals surface area contributed by atoms with Gasteiger partial charge in [0.25, 0.3) is 0 Å². The Morgan fingerprint density at radius 3 is 1.88 bits per heavy atom. The lowest BCUT2D eigenvalue weighted by molar-refractivity contribution is 0.00532. The Morgan fingerprint density at radius 1 is 1.24 bits per heavy atom. The van der Waals surface area contributed by atoms with Crippen molar-refractivity contribution in [2.75, 3.05) is 6.61 Å². The molecule has 0 N–H and O–H groups in total. The zero-order valence-electron chi connectivity index (χ0n) is 13.1. The molecular weight excluding hydrogens is 208 g/mol. The molecule has 102 valence electrons. The second-order valence-corrected chi connectivity index (χ2v) is 4.17. The Kier molecular flexibility index (Phi) is 19.2. The van der Waals surface area contributed by atoms with Gasteiger partial charge in [-0.15, -0.1) is 0 Å². The van der Waals surface area contributed by atoms with Crippen LogP contribution in [0.5, 0.6) is 0 Å². The Bertz CT molecular complexity index is 204. The van der Waals surface area contributed by atoms with Crippen LogP contribution in [-0.4, -0.2) is 12.2 Å². The highest BCUT2D eigenvalue weighted by Gasteiger charge is 2.06. The summed E-state index contributed by atoms with van der Waals surface area (Å²) < 4.78 is 5.23. The molecule has 1 heteroatoms. The highest BCUT2D eigenvalue weighted by Crippen LogP contribution is 2.04. The van der Waals surface area contributed by atoms with Gasteiger partial charge in [0, 0.05) is 6.61 Å². The van der Waals surface area contributed by atoms with E-state index in [4.69, 9.17) is 4.74 Å². The van der Waals surface area contributed by atoms with Crippen LogP contribution in [0.25, 0.3) is 0 Å². The zero-order valence-corrected chi connectivity index (χ0v) is 13.1. The Morgan fingerprint density at radius 2 is 1.71 bits per heavy atom. The molecular formula is C16H32O. The van der Waals surface area contributed by atoms with E-state index < -0.39 is 0 Å². The zero-order chi connectivity index (χ0) is 14.3. The van der Waals surface area contributed by atoms with Gasteiger partial charge in [-0.05, 0) is 41.5 Å². The Hall–Kier alpha value is -0.820. The molecule has 0 saturated heterocycles. The SMILES string of the molecule is C=C/C=C\C(C)=C/C.CC.CCOC(C)(C)C. The smallest absolute Gasteiger partial charge is 0.0598 e. The molecule has 0 atom stereocenters. The maximum Gasteiger partial charge on any atom is 0.0598 e. The molecule has 0 saturated carbocycles. The maximum atomic E-state index is 5.23. The van der Waals surface area contributed by atoms with Crippen molar-refractivity contribution in [1.82, 2.24) is 0 Å². The quantitative estimate of drug-likeness (QED) is 0.588. The molecule has 0 aliphatic heterocycles. The van der Waals surface area contributed by atoms with E-state index in [1.54, 1.807) is 6.08 Å². The van der Waals surface area contributed by atoms with Crippen LogP contribution in [0.2, 0.25) is 0 Å². The number of ether oxygens (including phenoxy) is 1. The third kappa shape index (κ3) is 31.3. The van der Waals surface area contributed by atoms with Crippen LogP contribution in [0.15, 0.2) is 36.5 Å². The largest absolute Gasteiger partial charge is 0.376 e. The molecule has 0 aromatic carbocycles. The van der Waals surface area contributed by atoms with Crippen molar-refractivity contribution in [3.8, 4) is 0 Å². The van der Waals surface area contributed by atoms with Gasteiger partial charge in [0.05, 0.1) is 5.60 Å². The molecule has 0 aliphatic carbocycles. The predicted molar refractivity (Wildman–Crippen MR) is 81.5 cm³/mol. The highest BCUT2D eigenvalue weighted by atomic mass is 16.5. The van der Waals surface area contributed by atoms with Crippen molar-refractivity contribution in [2.45, 2.75) is 61.0 Å². The molecule has 0 bridgehead atoms. The van der Waals surface area contributed by atoms with E-state index >= 15 is 0 Å². The van der Waals surface area contributed by atoms with Gasteiger partial charge in [-0.3, -0.25) is 0 Å². The number of hydrogen-bond donors (Lipinski definition) is 0. The normalized spacial score (nSPS) is 11.2. The number of allylic oxidation sites excluding steroid dienone is 5. The predicted octanol–water partition coefficient (Wildman–Crippen LogP) is 5.54. The Labute approximate surface area is 109 Å². The lowest BCUT2D eigenvalue weighted by Crippen LogP contribution is -2.18. The van der Waals surface area contributed by atoms with Gasteiger partial charge in [0.15, 0.2) is 0 Å². The summed E-state index contributed by atoms with van der Waals surface area (Å²) in [5.74, 6) is 0. The maximum absolute atomic E-state index is 5.23. The van der Waals surface area contributed by atoms with Gasteiger partial charge in [0.1, 0.15) is 0 Å². The average molecular weight is 240 g/mol. The van der Waals surface area contributed by atoms with Crippen molar-refractivity contribution in [3.05, 3.63) is 36.5 Å². The van der Waals surface area contributed by atoms with E-state index in [1.165, 1.54) is 5.57 Å². The first-order valence-corrected chi connectivity index (χ1v) is 6.43. The molecule has 0 spiro atoms. The van der Waals surface area contributed by atoms with Crippen LogP contribution < -0.4 is 0 Å². The summed E-state index contributed by atoms with van der Waals surface area (Å²) in [7, 11) is 0. The van der Waals surface area contributed by atoms with Gasteiger partial charge < -0.3 is 4.74 Å². The summed E-state index contributed by atoms with van der Waals surface area (Å²) in [6.45, 7) is 20.6. The van der Waals surface area contributed by atoms with E-state index in [1.807, 2.05) is 39.8 Å². The second-order valence-electron chi connectivity index (χ2n) is 4.17. The summed E-state index contributed by atoms with van der Waals surface area (Å²) in [6, 6.07) is 0. The lowest BCUT2D eigenvalue weighted by Gasteiger charge is -2.17. The first-order valence-electron chi connectivity index (χ1n) is 6.43. The van der Waals surface area contributed by atoms with Crippen molar-refractivity contribution >= 4 is 0 Å². The van der Waals surface area contributed by atoms with Crippen LogP contribution in [0, 0.1) is 0 Å². The highest BCUT2D eigenvalue weighted by molar-refractivity contribution is 5.18. The van der Waals surface area contributed by atoms with E-state index in [9.17, 15) is 0 Å². The van der Waals surface area contributed by atoms with Crippen LogP contribution in [0.3, 0.4) is 0 Å². The molecule has 17 heavy (non-hydrogen) atoms. The molecule has 0 unspecified atom stereocenters. The molecule has 0 amide bonds. The molecule has 0 aliphatic rings. The summed E-state index contributed by atoms with van der Waals surface area (Å²) >= 11 is 0. The van der Waals surface area contributed by atoms with Crippen LogP contribution in [0.1, 0.15) is 55.4 Å². The average Bonchev–Trinajstić information content (AvgIpc) is 2.28. The van der Waals surface area contributed by atoms with Gasteiger partial charge in [-0.25, -0.2) is 0 Å². The van der Waals surface area contributed by atoms with E-state index in [2.05, 4.69) is 40.3 Å². The van der Waals surface area contributed by atoms with Crippen molar-refractivity contribution in [2.24, 2.45) is 0 Å². The third-order valence-corrected chi connectivity index (χ3v) is 1.53. The molecule has 0 aromatic heterocycles. The van der Waals surface area contributed by atoms with Gasteiger partial charge in [0.2, 0.25) is 0 Å². The topological polar surface area (TPSA) is 9.23 Å². The van der Waals surface area contributed by atoms with Crippen LogP contribution >= 0.6 is 0 Å². The van der Waals surface area contributed by atoms with Crippen molar-refractivity contribution < 1.29 is 4.74 Å². The fourth-order valence-electron chi connectivity index (χ4n) is 0.749. The number of rotatable bonds is 3.